The summed E-state index contributed by atoms with van der Waals surface area (Å²) in [6.07, 6.45) is 3.19. The highest BCUT2D eigenvalue weighted by atomic mass is 32.2. The van der Waals surface area contributed by atoms with Crippen LogP contribution in [0.1, 0.15) is 75.9 Å². The van der Waals surface area contributed by atoms with E-state index < -0.39 is 0 Å². The number of carbonyl (C=O) groups excluding carboxylic acids is 1. The Morgan fingerprint density at radius 1 is 1.23 bits per heavy atom. The number of thioether (sulfide) groups is 1. The van der Waals surface area contributed by atoms with Gasteiger partial charge in [0.1, 0.15) is 6.04 Å². The topological polar surface area (TPSA) is 64.2 Å². The lowest BCUT2D eigenvalue weighted by Gasteiger charge is -2.20. The van der Waals surface area contributed by atoms with Crippen molar-refractivity contribution in [1.82, 2.24) is 14.8 Å². The lowest BCUT2D eigenvalue weighted by atomic mass is 9.98. The zero-order valence-corrected chi connectivity index (χ0v) is 20.4. The highest BCUT2D eigenvalue weighted by Gasteiger charge is 2.25. The summed E-state index contributed by atoms with van der Waals surface area (Å²) >= 11 is 1.47. The summed E-state index contributed by atoms with van der Waals surface area (Å²) in [4.78, 5) is 14.1. The first-order valence-electron chi connectivity index (χ1n) is 11.0. The van der Waals surface area contributed by atoms with E-state index in [-0.39, 0.29) is 5.91 Å². The lowest BCUT2D eigenvalue weighted by molar-refractivity contribution is -0.893. The van der Waals surface area contributed by atoms with Gasteiger partial charge in [-0.1, -0.05) is 64.1 Å². The van der Waals surface area contributed by atoms with Crippen LogP contribution in [-0.4, -0.2) is 40.5 Å². The van der Waals surface area contributed by atoms with Crippen molar-refractivity contribution < 1.29 is 9.69 Å². The molecule has 2 N–H and O–H groups in total. The maximum absolute atomic E-state index is 12.7. The minimum atomic E-state index is -0.00642. The van der Waals surface area contributed by atoms with Crippen LogP contribution in [0.25, 0.3) is 0 Å². The van der Waals surface area contributed by atoms with Gasteiger partial charge in [0, 0.05) is 18.7 Å². The third kappa shape index (κ3) is 6.08. The summed E-state index contributed by atoms with van der Waals surface area (Å²) < 4.78 is 2.22. The third-order valence-corrected chi connectivity index (χ3v) is 6.39. The summed E-state index contributed by atoms with van der Waals surface area (Å²) in [6.45, 7) is 11.6. The molecular weight excluding hydrogens is 394 g/mol. The normalized spacial score (nSPS) is 12.6. The molecule has 0 spiro atoms. The van der Waals surface area contributed by atoms with Gasteiger partial charge in [-0.15, -0.1) is 10.2 Å². The molecule has 1 aromatic carbocycles. The van der Waals surface area contributed by atoms with Gasteiger partial charge in [-0.3, -0.25) is 4.79 Å². The van der Waals surface area contributed by atoms with E-state index >= 15 is 0 Å². The average Bonchev–Trinajstić information content (AvgIpc) is 3.08. The van der Waals surface area contributed by atoms with E-state index in [1.54, 1.807) is 0 Å². The van der Waals surface area contributed by atoms with E-state index in [0.29, 0.717) is 17.7 Å². The molecule has 0 saturated heterocycles. The van der Waals surface area contributed by atoms with Crippen molar-refractivity contribution in [3.05, 3.63) is 35.2 Å². The molecule has 7 heteroatoms. The zero-order chi connectivity index (χ0) is 22.3. The van der Waals surface area contributed by atoms with Gasteiger partial charge in [0.05, 0.1) is 19.8 Å². The van der Waals surface area contributed by atoms with Gasteiger partial charge in [-0.2, -0.15) is 0 Å². The number of carbonyl (C=O) groups is 1. The van der Waals surface area contributed by atoms with Crippen LogP contribution in [0.15, 0.2) is 23.4 Å². The number of nitrogens with zero attached hydrogens (tertiary/aromatic N) is 3. The van der Waals surface area contributed by atoms with E-state index in [2.05, 4.69) is 67.9 Å². The van der Waals surface area contributed by atoms with Gasteiger partial charge in [-0.25, -0.2) is 0 Å². The number of benzene rings is 1. The van der Waals surface area contributed by atoms with Crippen molar-refractivity contribution in [3.8, 4) is 0 Å². The molecule has 0 bridgehead atoms. The van der Waals surface area contributed by atoms with Gasteiger partial charge < -0.3 is 14.8 Å². The smallest absolute Gasteiger partial charge is 0.234 e. The summed E-state index contributed by atoms with van der Waals surface area (Å²) in [5, 5.41) is 12.9. The number of nitrogens with one attached hydrogen (secondary N) is 2. The molecule has 0 saturated carbocycles. The maximum Gasteiger partial charge on any atom is 0.234 e. The molecule has 0 fully saturated rings. The second-order valence-corrected chi connectivity index (χ2v) is 9.36. The Morgan fingerprint density at radius 2 is 1.97 bits per heavy atom. The first-order chi connectivity index (χ1) is 14.3. The number of rotatable bonds is 11. The summed E-state index contributed by atoms with van der Waals surface area (Å²) in [6, 6.07) is 6.47. The monoisotopic (exact) mass is 432 g/mol. The SMILES string of the molecule is CCCCn1c(SCC(=O)Nc2c(C)cccc2C(C)C)nnc1[C@H](CC)[NH+](C)C. The van der Waals surface area contributed by atoms with Gasteiger partial charge in [0.25, 0.3) is 0 Å². The van der Waals surface area contributed by atoms with Crippen molar-refractivity contribution in [2.45, 2.75) is 77.5 Å². The molecule has 0 radical (unpaired) electrons. The van der Waals surface area contributed by atoms with Crippen molar-refractivity contribution in [3.63, 3.8) is 0 Å². The van der Waals surface area contributed by atoms with E-state index in [1.807, 2.05) is 19.1 Å². The van der Waals surface area contributed by atoms with Crippen LogP contribution < -0.4 is 10.2 Å². The van der Waals surface area contributed by atoms with Gasteiger partial charge in [0.15, 0.2) is 11.0 Å². The number of anilines is 1. The number of para-hydroxylation sites is 1. The zero-order valence-electron chi connectivity index (χ0n) is 19.6. The Balaban J connectivity index is 2.15. The fourth-order valence-electron chi connectivity index (χ4n) is 3.69. The van der Waals surface area contributed by atoms with Gasteiger partial charge >= 0.3 is 0 Å². The number of hydrogen-bond donors (Lipinski definition) is 2. The molecule has 2 aromatic rings. The molecule has 166 valence electrons. The minimum Gasteiger partial charge on any atom is -0.331 e. The van der Waals surface area contributed by atoms with Crippen molar-refractivity contribution in [2.75, 3.05) is 25.2 Å². The molecule has 30 heavy (non-hydrogen) atoms. The minimum absolute atomic E-state index is 0.00642. The lowest BCUT2D eigenvalue weighted by Crippen LogP contribution is -3.06. The largest absolute Gasteiger partial charge is 0.331 e. The predicted octanol–water partition coefficient (Wildman–Crippen LogP) is 3.84. The van der Waals surface area contributed by atoms with Gasteiger partial charge in [0.2, 0.25) is 5.91 Å². The molecule has 1 heterocycles. The van der Waals surface area contributed by atoms with Crippen molar-refractivity contribution in [1.29, 1.82) is 0 Å². The molecule has 1 aromatic heterocycles. The van der Waals surface area contributed by atoms with E-state index in [0.717, 1.165) is 48.0 Å². The Morgan fingerprint density at radius 3 is 2.57 bits per heavy atom. The molecule has 6 nitrogen and oxygen atoms in total. The van der Waals surface area contributed by atoms with Crippen molar-refractivity contribution >= 4 is 23.4 Å². The molecule has 1 atom stereocenters. The first kappa shape index (κ1) is 24.4. The van der Waals surface area contributed by atoms with Crippen LogP contribution in [0, 0.1) is 6.92 Å². The van der Waals surface area contributed by atoms with Gasteiger partial charge in [-0.05, 0) is 30.4 Å². The molecule has 2 rings (SSSR count). The second kappa shape index (κ2) is 11.5. The highest BCUT2D eigenvalue weighted by Crippen LogP contribution is 2.28. The van der Waals surface area contributed by atoms with Crippen LogP contribution in [0.2, 0.25) is 0 Å². The first-order valence-corrected chi connectivity index (χ1v) is 12.0. The summed E-state index contributed by atoms with van der Waals surface area (Å²) in [5.74, 6) is 1.69. The third-order valence-electron chi connectivity index (χ3n) is 5.42. The standard InChI is InChI=1S/C23H37N5OS/c1-8-10-14-28-22(19(9-2)27(6)7)25-26-23(28)30-15-20(29)24-21-17(5)12-11-13-18(21)16(3)4/h11-13,16,19H,8-10,14-15H2,1-7H3,(H,24,29)/p+1/t19-/m0/s1. The molecule has 0 aliphatic rings. The number of aromatic nitrogens is 3. The highest BCUT2D eigenvalue weighted by molar-refractivity contribution is 7.99. The summed E-state index contributed by atoms with van der Waals surface area (Å²) in [5.41, 5.74) is 3.20. The quantitative estimate of drug-likeness (QED) is 0.530. The number of hydrogen-bond acceptors (Lipinski definition) is 4. The Bertz CT molecular complexity index is 831. The number of aryl methyl sites for hydroxylation is 1. The molecule has 1 amide bonds. The van der Waals surface area contributed by atoms with Crippen LogP contribution in [0.4, 0.5) is 5.69 Å². The average molecular weight is 433 g/mol. The Kier molecular flexibility index (Phi) is 9.37. The number of unbranched alkanes of at least 4 members (excludes halogenated alkanes) is 1. The number of amides is 1. The molecule has 0 aliphatic carbocycles. The number of quaternary nitrogens is 1. The second-order valence-electron chi connectivity index (χ2n) is 8.41. The summed E-state index contributed by atoms with van der Waals surface area (Å²) in [7, 11) is 4.31. The molecule has 0 aliphatic heterocycles. The molecule has 0 unspecified atom stereocenters. The van der Waals surface area contributed by atoms with Crippen LogP contribution in [0.5, 0.6) is 0 Å². The fraction of sp³-hybridized carbons (Fsp3) is 0.609. The van der Waals surface area contributed by atoms with Crippen LogP contribution in [-0.2, 0) is 11.3 Å². The Hall–Kier alpha value is -1.86. The molecular formula is C23H38N5OS+. The van der Waals surface area contributed by atoms with Crippen LogP contribution >= 0.6 is 11.8 Å². The van der Waals surface area contributed by atoms with Crippen molar-refractivity contribution in [2.24, 2.45) is 0 Å². The van der Waals surface area contributed by atoms with E-state index in [9.17, 15) is 4.79 Å². The van der Waals surface area contributed by atoms with E-state index in [4.69, 9.17) is 0 Å². The fourth-order valence-corrected chi connectivity index (χ4v) is 4.46. The van der Waals surface area contributed by atoms with E-state index in [1.165, 1.54) is 22.2 Å². The predicted molar refractivity (Wildman–Crippen MR) is 125 cm³/mol. The maximum atomic E-state index is 12.7. The Labute approximate surface area is 185 Å². The van der Waals surface area contributed by atoms with Crippen LogP contribution in [0.3, 0.4) is 0 Å².